The van der Waals surface area contributed by atoms with E-state index in [9.17, 15) is 0 Å². The van der Waals surface area contributed by atoms with Gasteiger partial charge in [0.2, 0.25) is 0 Å². The molecule has 0 fully saturated rings. The topological polar surface area (TPSA) is 41.8 Å². The maximum Gasteiger partial charge on any atom is 0.0457 e. The van der Waals surface area contributed by atoms with E-state index in [1.54, 1.807) is 11.3 Å². The zero-order valence-corrected chi connectivity index (χ0v) is 12.0. The highest BCUT2D eigenvalue weighted by Gasteiger charge is 2.15. The van der Waals surface area contributed by atoms with Crippen molar-refractivity contribution in [1.29, 1.82) is 0 Å². The number of aromatic amines is 1. The predicted molar refractivity (Wildman–Crippen MR) is 83.1 cm³/mol. The largest absolute Gasteiger partial charge is 0.361 e. The Kier molecular flexibility index (Phi) is 3.60. The summed E-state index contributed by atoms with van der Waals surface area (Å²) in [6.45, 7) is 0.636. The number of rotatable bonds is 4. The van der Waals surface area contributed by atoms with Crippen molar-refractivity contribution in [3.05, 3.63) is 57.4 Å². The lowest BCUT2D eigenvalue weighted by Crippen LogP contribution is -2.14. The van der Waals surface area contributed by atoms with Gasteiger partial charge < -0.3 is 10.7 Å². The number of nitrogens with two attached hydrogens (primary N) is 1. The summed E-state index contributed by atoms with van der Waals surface area (Å²) in [5.74, 6) is 0.325. The van der Waals surface area contributed by atoms with Gasteiger partial charge >= 0.3 is 0 Å². The summed E-state index contributed by atoms with van der Waals surface area (Å²) in [4.78, 5) is 4.67. The lowest BCUT2D eigenvalue weighted by molar-refractivity contribution is 0.706. The van der Waals surface area contributed by atoms with Crippen molar-refractivity contribution in [2.75, 3.05) is 6.54 Å². The lowest BCUT2D eigenvalue weighted by Gasteiger charge is -2.13. The number of halogens is 1. The van der Waals surface area contributed by atoms with E-state index < -0.39 is 0 Å². The molecular formula is C15H15ClN2S. The Bertz CT molecular complexity index is 673. The Labute approximate surface area is 121 Å². The number of hydrogen-bond acceptors (Lipinski definition) is 2. The molecule has 0 bridgehead atoms. The number of fused-ring (bicyclic) bond motifs is 1. The number of hydrogen-bond donors (Lipinski definition) is 2. The predicted octanol–water partition coefficient (Wildman–Crippen LogP) is 4.17. The highest BCUT2D eigenvalue weighted by molar-refractivity contribution is 7.09. The van der Waals surface area contributed by atoms with E-state index in [0.29, 0.717) is 12.5 Å². The van der Waals surface area contributed by atoms with Gasteiger partial charge in [0, 0.05) is 32.9 Å². The third-order valence-corrected chi connectivity index (χ3v) is 4.56. The third kappa shape index (κ3) is 2.54. The number of aromatic nitrogens is 1. The van der Waals surface area contributed by atoms with Gasteiger partial charge in [-0.25, -0.2) is 0 Å². The lowest BCUT2D eigenvalue weighted by atomic mass is 9.95. The van der Waals surface area contributed by atoms with E-state index in [-0.39, 0.29) is 0 Å². The molecule has 0 radical (unpaired) electrons. The minimum absolute atomic E-state index is 0.325. The van der Waals surface area contributed by atoms with Crippen LogP contribution in [0.1, 0.15) is 16.4 Å². The second-order valence-electron chi connectivity index (χ2n) is 4.65. The molecule has 0 aliphatic rings. The van der Waals surface area contributed by atoms with E-state index in [1.807, 2.05) is 18.2 Å². The van der Waals surface area contributed by atoms with Gasteiger partial charge in [-0.15, -0.1) is 11.3 Å². The molecule has 19 heavy (non-hydrogen) atoms. The van der Waals surface area contributed by atoms with Crippen LogP contribution >= 0.6 is 22.9 Å². The average Bonchev–Trinajstić information content (AvgIpc) is 3.04. The Hall–Kier alpha value is -1.29. The maximum absolute atomic E-state index is 6.10. The molecule has 1 aromatic carbocycles. The first-order chi connectivity index (χ1) is 9.28. The van der Waals surface area contributed by atoms with Gasteiger partial charge in [-0.05, 0) is 48.2 Å². The highest BCUT2D eigenvalue weighted by atomic mass is 35.5. The van der Waals surface area contributed by atoms with Gasteiger partial charge in [0.25, 0.3) is 0 Å². The van der Waals surface area contributed by atoms with E-state index in [0.717, 1.165) is 17.0 Å². The molecule has 0 saturated carbocycles. The molecule has 3 aromatic rings. The number of H-pyrrole nitrogens is 1. The summed E-state index contributed by atoms with van der Waals surface area (Å²) >= 11 is 7.88. The zero-order chi connectivity index (χ0) is 13.2. The Balaban J connectivity index is 1.99. The quantitative estimate of drug-likeness (QED) is 0.744. The van der Waals surface area contributed by atoms with Crippen LogP contribution in [0.5, 0.6) is 0 Å². The molecule has 2 nitrogen and oxygen atoms in total. The monoisotopic (exact) mass is 290 g/mol. The second-order valence-corrected chi connectivity index (χ2v) is 6.12. The van der Waals surface area contributed by atoms with Crippen molar-refractivity contribution in [3.8, 4) is 0 Å². The second kappa shape index (κ2) is 5.37. The first-order valence-electron chi connectivity index (χ1n) is 6.27. The van der Waals surface area contributed by atoms with Gasteiger partial charge in [-0.2, -0.15) is 0 Å². The SMILES string of the molecule is NCC(Cc1cccs1)c1c[nH]c2ccc(Cl)cc12. The van der Waals surface area contributed by atoms with E-state index in [4.69, 9.17) is 17.3 Å². The molecule has 0 spiro atoms. The van der Waals surface area contributed by atoms with E-state index in [2.05, 4.69) is 28.7 Å². The fourth-order valence-corrected chi connectivity index (χ4v) is 3.40. The summed E-state index contributed by atoms with van der Waals surface area (Å²) in [6.07, 6.45) is 3.04. The van der Waals surface area contributed by atoms with Gasteiger partial charge in [0.05, 0.1) is 0 Å². The Morgan fingerprint density at radius 1 is 1.32 bits per heavy atom. The van der Waals surface area contributed by atoms with Crippen LogP contribution < -0.4 is 5.73 Å². The summed E-state index contributed by atoms with van der Waals surface area (Å²) < 4.78 is 0. The molecule has 2 aromatic heterocycles. The van der Waals surface area contributed by atoms with Crippen molar-refractivity contribution in [2.24, 2.45) is 5.73 Å². The summed E-state index contributed by atoms with van der Waals surface area (Å²) in [5.41, 5.74) is 8.34. The fourth-order valence-electron chi connectivity index (χ4n) is 2.44. The van der Waals surface area contributed by atoms with Gasteiger partial charge in [0.15, 0.2) is 0 Å². The fraction of sp³-hybridized carbons (Fsp3) is 0.200. The van der Waals surface area contributed by atoms with Crippen molar-refractivity contribution in [3.63, 3.8) is 0 Å². The standard InChI is InChI=1S/C15H15ClN2S/c16-11-3-4-15-13(7-11)14(9-18-15)10(8-17)6-12-2-1-5-19-12/h1-5,7,9-10,18H,6,8,17H2. The van der Waals surface area contributed by atoms with Crippen LogP contribution in [0.25, 0.3) is 10.9 Å². The van der Waals surface area contributed by atoms with Crippen molar-refractivity contribution < 1.29 is 0 Å². The van der Waals surface area contributed by atoms with E-state index >= 15 is 0 Å². The molecule has 3 N–H and O–H groups in total. The van der Waals surface area contributed by atoms with Crippen LogP contribution in [0.4, 0.5) is 0 Å². The van der Waals surface area contributed by atoms with Gasteiger partial charge in [-0.1, -0.05) is 17.7 Å². The van der Waals surface area contributed by atoms with Gasteiger partial charge in [0.1, 0.15) is 0 Å². The van der Waals surface area contributed by atoms with Crippen molar-refractivity contribution in [1.82, 2.24) is 4.98 Å². The molecule has 0 amide bonds. The summed E-state index contributed by atoms with van der Waals surface area (Å²) in [6, 6.07) is 10.2. The maximum atomic E-state index is 6.10. The van der Waals surface area contributed by atoms with Crippen LogP contribution in [0.2, 0.25) is 5.02 Å². The molecule has 0 aliphatic carbocycles. The molecule has 98 valence electrons. The molecule has 1 atom stereocenters. The zero-order valence-electron chi connectivity index (χ0n) is 10.4. The summed E-state index contributed by atoms with van der Waals surface area (Å²) in [7, 11) is 0. The third-order valence-electron chi connectivity index (χ3n) is 3.43. The minimum Gasteiger partial charge on any atom is -0.361 e. The Morgan fingerprint density at radius 3 is 2.95 bits per heavy atom. The van der Waals surface area contributed by atoms with Gasteiger partial charge in [-0.3, -0.25) is 0 Å². The first-order valence-corrected chi connectivity index (χ1v) is 7.52. The Morgan fingerprint density at radius 2 is 2.21 bits per heavy atom. The molecule has 0 saturated heterocycles. The first kappa shape index (κ1) is 12.7. The van der Waals surface area contributed by atoms with Crippen molar-refractivity contribution in [2.45, 2.75) is 12.3 Å². The normalized spacial score (nSPS) is 12.9. The average molecular weight is 291 g/mol. The number of nitrogens with one attached hydrogen (secondary N) is 1. The molecular weight excluding hydrogens is 276 g/mol. The highest BCUT2D eigenvalue weighted by Crippen LogP contribution is 2.30. The van der Waals surface area contributed by atoms with Crippen LogP contribution in [0.15, 0.2) is 41.9 Å². The smallest absolute Gasteiger partial charge is 0.0457 e. The minimum atomic E-state index is 0.325. The van der Waals surface area contributed by atoms with Crippen LogP contribution in [0.3, 0.4) is 0 Å². The van der Waals surface area contributed by atoms with E-state index in [1.165, 1.54) is 15.8 Å². The summed E-state index contributed by atoms with van der Waals surface area (Å²) in [5, 5.41) is 4.05. The van der Waals surface area contributed by atoms with Crippen LogP contribution in [-0.2, 0) is 6.42 Å². The molecule has 1 unspecified atom stereocenters. The van der Waals surface area contributed by atoms with Crippen LogP contribution in [0, 0.1) is 0 Å². The number of benzene rings is 1. The number of thiophene rings is 1. The van der Waals surface area contributed by atoms with Crippen molar-refractivity contribution >= 4 is 33.8 Å². The molecule has 2 heterocycles. The molecule has 3 rings (SSSR count). The van der Waals surface area contributed by atoms with Crippen LogP contribution in [-0.4, -0.2) is 11.5 Å². The molecule has 4 heteroatoms. The molecule has 0 aliphatic heterocycles.